The molecule has 126 valence electrons. The maximum absolute atomic E-state index is 12.2. The molecule has 6 heteroatoms. The van der Waals surface area contributed by atoms with Crippen molar-refractivity contribution in [3.8, 4) is 11.8 Å². The van der Waals surface area contributed by atoms with Crippen LogP contribution in [0.25, 0.3) is 11.8 Å². The lowest BCUT2D eigenvalue weighted by molar-refractivity contribution is 0.918. The number of nitrogens with two attached hydrogens (primary N) is 1. The summed E-state index contributed by atoms with van der Waals surface area (Å²) in [6.07, 6.45) is 5.11. The minimum atomic E-state index is -0.621. The molecule has 1 aromatic heterocycles. The van der Waals surface area contributed by atoms with Crippen LogP contribution in [0.2, 0.25) is 0 Å². The van der Waals surface area contributed by atoms with Gasteiger partial charge in [0, 0.05) is 6.21 Å². The van der Waals surface area contributed by atoms with Crippen LogP contribution in [0, 0.1) is 11.3 Å². The summed E-state index contributed by atoms with van der Waals surface area (Å²) in [5.74, 6) is 0.0668. The van der Waals surface area contributed by atoms with Gasteiger partial charge >= 0.3 is 5.69 Å². The molecule has 0 bridgehead atoms. The summed E-state index contributed by atoms with van der Waals surface area (Å²) < 4.78 is 1.23. The second kappa shape index (κ2) is 7.73. The Balaban J connectivity index is 2.01. The van der Waals surface area contributed by atoms with Gasteiger partial charge in [0.05, 0.1) is 5.69 Å². The highest BCUT2D eigenvalue weighted by molar-refractivity contribution is 5.83. The van der Waals surface area contributed by atoms with E-state index in [1.54, 1.807) is 30.3 Å². The monoisotopic (exact) mass is 341 g/mol. The summed E-state index contributed by atoms with van der Waals surface area (Å²) >= 11 is 0. The first-order chi connectivity index (χ1) is 12.7. The first-order valence-electron chi connectivity index (χ1n) is 7.84. The molecule has 26 heavy (non-hydrogen) atoms. The number of nitrogens with zero attached hydrogens (tertiary/aromatic N) is 4. The van der Waals surface area contributed by atoms with Crippen molar-refractivity contribution in [3.63, 3.8) is 0 Å². The van der Waals surface area contributed by atoms with E-state index in [4.69, 9.17) is 5.73 Å². The molecule has 0 unspecified atom stereocenters. The third-order valence-electron chi connectivity index (χ3n) is 3.60. The molecule has 0 aliphatic carbocycles. The molecule has 0 aliphatic heterocycles. The molecule has 6 nitrogen and oxygen atoms in total. The first kappa shape index (κ1) is 16.9. The summed E-state index contributed by atoms with van der Waals surface area (Å²) in [5, 5.41) is 9.26. The lowest BCUT2D eigenvalue weighted by Gasteiger charge is -2.11. The number of allylic oxidation sites excluding steroid dienone is 1. The predicted molar refractivity (Wildman–Crippen MR) is 103 cm³/mol. The number of rotatable bonds is 4. The molecule has 3 rings (SSSR count). The molecule has 0 aliphatic rings. The standard InChI is InChI=1S/C20H15N5O/c21-14-17-18(23-13-7-10-15-8-3-1-4-9-15)19(22)25(20(26)24-17)16-11-5-2-6-12-16/h1-13H,22H2. The normalized spacial score (nSPS) is 11.0. The second-order valence-electron chi connectivity index (χ2n) is 5.31. The molecule has 0 radical (unpaired) electrons. The smallest absolute Gasteiger partial charge is 0.355 e. The van der Waals surface area contributed by atoms with E-state index in [1.165, 1.54) is 10.8 Å². The fourth-order valence-corrected chi connectivity index (χ4v) is 2.40. The SMILES string of the molecule is N#Cc1nc(=O)n(-c2ccccc2)c(N)c1N=CC=Cc1ccccc1. The Bertz CT molecular complexity index is 1060. The maximum Gasteiger partial charge on any atom is 0.355 e. The molecule has 2 aromatic carbocycles. The van der Waals surface area contributed by atoms with Crippen LogP contribution in [-0.4, -0.2) is 15.8 Å². The molecule has 0 saturated carbocycles. The van der Waals surface area contributed by atoms with Crippen LogP contribution in [0.4, 0.5) is 11.5 Å². The number of nitrogen functional groups attached to an aromatic ring is 1. The van der Waals surface area contributed by atoms with Crippen molar-refractivity contribution in [2.24, 2.45) is 4.99 Å². The molecule has 0 spiro atoms. The molecule has 0 atom stereocenters. The van der Waals surface area contributed by atoms with Crippen LogP contribution < -0.4 is 11.4 Å². The van der Waals surface area contributed by atoms with Gasteiger partial charge in [0.25, 0.3) is 0 Å². The lowest BCUT2D eigenvalue weighted by atomic mass is 10.2. The van der Waals surface area contributed by atoms with Crippen LogP contribution in [0.1, 0.15) is 11.3 Å². The Labute approximate surface area is 150 Å². The maximum atomic E-state index is 12.2. The van der Waals surface area contributed by atoms with Gasteiger partial charge in [-0.2, -0.15) is 10.2 Å². The van der Waals surface area contributed by atoms with Gasteiger partial charge in [-0.05, 0) is 23.8 Å². The van der Waals surface area contributed by atoms with E-state index < -0.39 is 5.69 Å². The van der Waals surface area contributed by atoms with Gasteiger partial charge < -0.3 is 5.73 Å². The van der Waals surface area contributed by atoms with Gasteiger partial charge in [-0.15, -0.1) is 0 Å². The highest BCUT2D eigenvalue weighted by Crippen LogP contribution is 2.25. The third kappa shape index (κ3) is 3.57. The minimum Gasteiger partial charge on any atom is -0.383 e. The molecular weight excluding hydrogens is 326 g/mol. The Morgan fingerprint density at radius 3 is 2.38 bits per heavy atom. The fraction of sp³-hybridized carbons (Fsp3) is 0. The largest absolute Gasteiger partial charge is 0.383 e. The van der Waals surface area contributed by atoms with Crippen LogP contribution in [0.5, 0.6) is 0 Å². The number of aromatic nitrogens is 2. The summed E-state index contributed by atoms with van der Waals surface area (Å²) in [6.45, 7) is 0. The number of para-hydroxylation sites is 1. The van der Waals surface area contributed by atoms with Crippen molar-refractivity contribution in [3.05, 3.63) is 88.5 Å². The van der Waals surface area contributed by atoms with Crippen molar-refractivity contribution < 1.29 is 0 Å². The Morgan fingerprint density at radius 2 is 1.73 bits per heavy atom. The number of benzene rings is 2. The van der Waals surface area contributed by atoms with Crippen molar-refractivity contribution in [1.29, 1.82) is 5.26 Å². The third-order valence-corrected chi connectivity index (χ3v) is 3.60. The minimum absolute atomic E-state index is 0.0668. The highest BCUT2D eigenvalue weighted by Gasteiger charge is 2.15. The molecule has 1 heterocycles. The predicted octanol–water partition coefficient (Wildman–Crippen LogP) is 3.10. The van der Waals surface area contributed by atoms with Crippen molar-refractivity contribution >= 4 is 23.8 Å². The molecule has 2 N–H and O–H groups in total. The summed E-state index contributed by atoms with van der Waals surface area (Å²) in [5.41, 5.74) is 7.12. The van der Waals surface area contributed by atoms with E-state index in [-0.39, 0.29) is 17.2 Å². The van der Waals surface area contributed by atoms with Crippen LogP contribution in [0.15, 0.2) is 76.5 Å². The Morgan fingerprint density at radius 1 is 1.08 bits per heavy atom. The average molecular weight is 341 g/mol. The van der Waals surface area contributed by atoms with Crippen molar-refractivity contribution in [2.45, 2.75) is 0 Å². The van der Waals surface area contributed by atoms with Crippen LogP contribution in [-0.2, 0) is 0 Å². The molecule has 0 fully saturated rings. The van der Waals surface area contributed by atoms with Gasteiger partial charge in [-0.25, -0.2) is 14.4 Å². The Hall–Kier alpha value is -3.98. The lowest BCUT2D eigenvalue weighted by Crippen LogP contribution is -2.25. The summed E-state index contributed by atoms with van der Waals surface area (Å²) in [6, 6.07) is 20.4. The highest BCUT2D eigenvalue weighted by atomic mass is 16.1. The van der Waals surface area contributed by atoms with Gasteiger partial charge in [-0.3, -0.25) is 0 Å². The first-order valence-corrected chi connectivity index (χ1v) is 7.84. The van der Waals surface area contributed by atoms with E-state index in [0.29, 0.717) is 5.69 Å². The second-order valence-corrected chi connectivity index (χ2v) is 5.31. The summed E-state index contributed by atoms with van der Waals surface area (Å²) in [7, 11) is 0. The zero-order valence-corrected chi connectivity index (χ0v) is 13.8. The van der Waals surface area contributed by atoms with Crippen molar-refractivity contribution in [1.82, 2.24) is 9.55 Å². The number of anilines is 1. The van der Waals surface area contributed by atoms with E-state index >= 15 is 0 Å². The topological polar surface area (TPSA) is 97.1 Å². The number of nitriles is 1. The van der Waals surface area contributed by atoms with Crippen LogP contribution in [0.3, 0.4) is 0 Å². The Kier molecular flexibility index (Phi) is 5.01. The molecular formula is C20H15N5O. The van der Waals surface area contributed by atoms with E-state index in [1.807, 2.05) is 48.5 Å². The van der Waals surface area contributed by atoms with Gasteiger partial charge in [0.1, 0.15) is 17.6 Å². The van der Waals surface area contributed by atoms with Crippen molar-refractivity contribution in [2.75, 3.05) is 5.73 Å². The van der Waals surface area contributed by atoms with Gasteiger partial charge in [0.2, 0.25) is 0 Å². The quantitative estimate of drug-likeness (QED) is 0.737. The molecule has 0 saturated heterocycles. The van der Waals surface area contributed by atoms with E-state index in [2.05, 4.69) is 9.98 Å². The van der Waals surface area contributed by atoms with Gasteiger partial charge in [0.15, 0.2) is 5.69 Å². The average Bonchev–Trinajstić information content (AvgIpc) is 2.68. The molecule has 3 aromatic rings. The number of aliphatic imine (C=N–C) groups is 1. The van der Waals surface area contributed by atoms with E-state index in [0.717, 1.165) is 5.56 Å². The number of hydrogen-bond donors (Lipinski definition) is 1. The zero-order chi connectivity index (χ0) is 18.4. The molecule has 0 amide bonds. The summed E-state index contributed by atoms with van der Waals surface area (Å²) in [4.78, 5) is 20.3. The zero-order valence-electron chi connectivity index (χ0n) is 13.8. The fourth-order valence-electron chi connectivity index (χ4n) is 2.40. The number of hydrogen-bond acceptors (Lipinski definition) is 5. The van der Waals surface area contributed by atoms with Crippen LogP contribution >= 0.6 is 0 Å². The van der Waals surface area contributed by atoms with E-state index in [9.17, 15) is 10.1 Å². The van der Waals surface area contributed by atoms with Gasteiger partial charge in [-0.1, -0.05) is 54.6 Å².